The van der Waals surface area contributed by atoms with Gasteiger partial charge in [0.1, 0.15) is 0 Å². The zero-order valence-electron chi connectivity index (χ0n) is 19.4. The van der Waals surface area contributed by atoms with Crippen molar-refractivity contribution in [2.24, 2.45) is 0 Å². The maximum absolute atomic E-state index is 13.0. The number of fused-ring (bicyclic) bond motifs is 1. The Bertz CT molecular complexity index is 1060. The molecular formula is C26H32N2O4. The molecule has 2 aromatic rings. The maximum Gasteiger partial charge on any atom is 0.340 e. The van der Waals surface area contributed by atoms with Gasteiger partial charge in [-0.05, 0) is 69.9 Å². The summed E-state index contributed by atoms with van der Waals surface area (Å²) in [5, 5.41) is 0. The molecule has 32 heavy (non-hydrogen) atoms. The van der Waals surface area contributed by atoms with Crippen LogP contribution in [0.5, 0.6) is 0 Å². The van der Waals surface area contributed by atoms with Gasteiger partial charge in [0, 0.05) is 42.1 Å². The van der Waals surface area contributed by atoms with Crippen LogP contribution in [0.2, 0.25) is 0 Å². The number of ether oxygens (including phenoxy) is 1. The molecule has 4 rings (SSSR count). The van der Waals surface area contributed by atoms with Gasteiger partial charge in [-0.15, -0.1) is 0 Å². The number of ketones is 1. The molecule has 1 aliphatic heterocycles. The van der Waals surface area contributed by atoms with E-state index in [2.05, 4.69) is 4.57 Å². The van der Waals surface area contributed by atoms with Gasteiger partial charge in [0.05, 0.1) is 5.56 Å². The van der Waals surface area contributed by atoms with Crippen LogP contribution in [0.4, 0.5) is 5.69 Å². The van der Waals surface area contributed by atoms with Crippen LogP contribution in [0.1, 0.15) is 89.7 Å². The van der Waals surface area contributed by atoms with Crippen LogP contribution in [0.3, 0.4) is 0 Å². The lowest BCUT2D eigenvalue weighted by Gasteiger charge is -2.26. The number of hydrogen-bond acceptors (Lipinski definition) is 4. The van der Waals surface area contributed by atoms with Crippen molar-refractivity contribution < 1.29 is 19.1 Å². The van der Waals surface area contributed by atoms with Crippen LogP contribution in [0.25, 0.3) is 0 Å². The summed E-state index contributed by atoms with van der Waals surface area (Å²) in [6.07, 6.45) is 5.83. The highest BCUT2D eigenvalue weighted by atomic mass is 16.5. The van der Waals surface area contributed by atoms with Crippen molar-refractivity contribution in [3.8, 4) is 0 Å². The van der Waals surface area contributed by atoms with E-state index in [1.807, 2.05) is 32.0 Å². The highest BCUT2D eigenvalue weighted by Crippen LogP contribution is 2.33. The smallest absolute Gasteiger partial charge is 0.340 e. The Morgan fingerprint density at radius 2 is 1.78 bits per heavy atom. The second-order valence-corrected chi connectivity index (χ2v) is 9.12. The van der Waals surface area contributed by atoms with E-state index in [0.29, 0.717) is 23.7 Å². The van der Waals surface area contributed by atoms with E-state index in [4.69, 9.17) is 4.74 Å². The minimum absolute atomic E-state index is 0.00375. The standard InChI is InChI=1S/C26H32N2O4/c1-16-14-23(17(2)28(16)22-8-6-5-7-9-22)26(31)32-18(3)25(30)21-10-11-24-20(15-21)12-13-27(24)19(4)29/h10-11,14-15,18,22H,5-9,12-13H2,1-4H3. The molecule has 0 radical (unpaired) electrons. The summed E-state index contributed by atoms with van der Waals surface area (Å²) >= 11 is 0. The lowest BCUT2D eigenvalue weighted by atomic mass is 9.95. The average Bonchev–Trinajstić information content (AvgIpc) is 3.33. The van der Waals surface area contributed by atoms with Gasteiger partial charge in [-0.1, -0.05) is 19.3 Å². The van der Waals surface area contributed by atoms with Gasteiger partial charge in [0.25, 0.3) is 0 Å². The van der Waals surface area contributed by atoms with Gasteiger partial charge in [-0.3, -0.25) is 9.59 Å². The molecule has 1 amide bonds. The first-order valence-corrected chi connectivity index (χ1v) is 11.6. The molecule has 6 heteroatoms. The molecule has 0 bridgehead atoms. The Balaban J connectivity index is 1.47. The van der Waals surface area contributed by atoms with Gasteiger partial charge in [0.15, 0.2) is 6.10 Å². The van der Waals surface area contributed by atoms with E-state index in [1.165, 1.54) is 19.3 Å². The largest absolute Gasteiger partial charge is 0.451 e. The number of carbonyl (C=O) groups excluding carboxylic acids is 3. The molecule has 0 saturated heterocycles. The van der Waals surface area contributed by atoms with E-state index < -0.39 is 12.1 Å². The number of amides is 1. The predicted octanol–water partition coefficient (Wildman–Crippen LogP) is 4.95. The molecule has 1 aromatic heterocycles. The Kier molecular flexibility index (Phi) is 6.22. The second-order valence-electron chi connectivity index (χ2n) is 9.12. The van der Waals surface area contributed by atoms with Gasteiger partial charge < -0.3 is 14.2 Å². The third-order valence-electron chi connectivity index (χ3n) is 6.94. The van der Waals surface area contributed by atoms with Crippen molar-refractivity contribution in [2.45, 2.75) is 78.4 Å². The fourth-order valence-electron chi connectivity index (χ4n) is 5.28. The zero-order chi connectivity index (χ0) is 23.0. The number of rotatable bonds is 5. The monoisotopic (exact) mass is 436 g/mol. The Hall–Kier alpha value is -2.89. The number of esters is 1. The van der Waals surface area contributed by atoms with Crippen LogP contribution < -0.4 is 4.90 Å². The number of aromatic nitrogens is 1. The summed E-state index contributed by atoms with van der Waals surface area (Å²) in [4.78, 5) is 39.4. The van der Waals surface area contributed by atoms with Gasteiger partial charge in [0.2, 0.25) is 11.7 Å². The number of anilines is 1. The Morgan fingerprint density at radius 3 is 2.47 bits per heavy atom. The third-order valence-corrected chi connectivity index (χ3v) is 6.94. The maximum atomic E-state index is 13.0. The molecule has 1 atom stereocenters. The first-order chi connectivity index (χ1) is 15.3. The van der Waals surface area contributed by atoms with E-state index in [9.17, 15) is 14.4 Å². The number of Topliss-reactive ketones (excluding diaryl/α,β-unsaturated/α-hetero) is 1. The first-order valence-electron chi connectivity index (χ1n) is 11.6. The molecule has 0 N–H and O–H groups in total. The highest BCUT2D eigenvalue weighted by molar-refractivity contribution is 6.03. The topological polar surface area (TPSA) is 68.6 Å². The Morgan fingerprint density at radius 1 is 1.06 bits per heavy atom. The van der Waals surface area contributed by atoms with Crippen molar-refractivity contribution >= 4 is 23.3 Å². The van der Waals surface area contributed by atoms with Crippen molar-refractivity contribution in [3.63, 3.8) is 0 Å². The number of aryl methyl sites for hydroxylation is 1. The molecule has 1 saturated carbocycles. The van der Waals surface area contributed by atoms with Crippen LogP contribution in [-0.4, -0.2) is 34.9 Å². The summed E-state index contributed by atoms with van der Waals surface area (Å²) < 4.78 is 7.87. The SMILES string of the molecule is CC(=O)N1CCc2cc(C(=O)C(C)OC(=O)c3cc(C)n(C4CCCCC4)c3C)ccc21. The van der Waals surface area contributed by atoms with Crippen LogP contribution in [-0.2, 0) is 16.0 Å². The zero-order valence-corrected chi connectivity index (χ0v) is 19.4. The Labute approximate surface area is 189 Å². The summed E-state index contributed by atoms with van der Waals surface area (Å²) in [5.41, 5.74) is 4.85. The summed E-state index contributed by atoms with van der Waals surface area (Å²) in [6.45, 7) is 7.79. The summed E-state index contributed by atoms with van der Waals surface area (Å²) in [5.74, 6) is -0.690. The lowest BCUT2D eigenvalue weighted by Crippen LogP contribution is -2.26. The average molecular weight is 437 g/mol. The van der Waals surface area contributed by atoms with Crippen LogP contribution >= 0.6 is 0 Å². The van der Waals surface area contributed by atoms with E-state index in [-0.39, 0.29) is 11.7 Å². The second kappa shape index (κ2) is 8.93. The quantitative estimate of drug-likeness (QED) is 0.491. The molecule has 1 aliphatic carbocycles. The fraction of sp³-hybridized carbons (Fsp3) is 0.500. The van der Waals surface area contributed by atoms with E-state index in [0.717, 1.165) is 41.9 Å². The van der Waals surface area contributed by atoms with Gasteiger partial charge in [-0.2, -0.15) is 0 Å². The van der Waals surface area contributed by atoms with Crippen molar-refractivity contribution in [1.82, 2.24) is 4.57 Å². The number of nitrogens with zero attached hydrogens (tertiary/aromatic N) is 2. The van der Waals surface area contributed by atoms with E-state index in [1.54, 1.807) is 24.8 Å². The van der Waals surface area contributed by atoms with Gasteiger partial charge in [-0.25, -0.2) is 4.79 Å². The lowest BCUT2D eigenvalue weighted by molar-refractivity contribution is -0.116. The van der Waals surface area contributed by atoms with Crippen LogP contribution in [0, 0.1) is 13.8 Å². The molecule has 1 aromatic carbocycles. The molecule has 170 valence electrons. The molecular weight excluding hydrogens is 404 g/mol. The molecule has 2 aliphatic rings. The minimum atomic E-state index is -0.886. The van der Waals surface area contributed by atoms with Crippen LogP contribution in [0.15, 0.2) is 24.3 Å². The van der Waals surface area contributed by atoms with Crippen molar-refractivity contribution in [2.75, 3.05) is 11.4 Å². The minimum Gasteiger partial charge on any atom is -0.451 e. The van der Waals surface area contributed by atoms with Gasteiger partial charge >= 0.3 is 5.97 Å². The summed E-state index contributed by atoms with van der Waals surface area (Å²) in [6, 6.07) is 7.66. The fourth-order valence-corrected chi connectivity index (χ4v) is 5.28. The predicted molar refractivity (Wildman–Crippen MR) is 123 cm³/mol. The number of benzene rings is 1. The van der Waals surface area contributed by atoms with Crippen molar-refractivity contribution in [3.05, 3.63) is 52.3 Å². The molecule has 0 spiro atoms. The summed E-state index contributed by atoms with van der Waals surface area (Å²) in [7, 11) is 0. The molecule has 2 heterocycles. The van der Waals surface area contributed by atoms with Crippen molar-refractivity contribution in [1.29, 1.82) is 0 Å². The normalized spacial score (nSPS) is 17.2. The molecule has 6 nitrogen and oxygen atoms in total. The van der Waals surface area contributed by atoms with E-state index >= 15 is 0 Å². The third kappa shape index (κ3) is 4.10. The number of hydrogen-bond donors (Lipinski definition) is 0. The highest BCUT2D eigenvalue weighted by Gasteiger charge is 2.28. The first kappa shape index (κ1) is 22.3. The molecule has 1 unspecified atom stereocenters. The molecule has 1 fully saturated rings. The number of carbonyl (C=O) groups is 3.